The number of phenolic OH excluding ortho intramolecular Hbond substituents is 1. The Morgan fingerprint density at radius 2 is 2.15 bits per heavy atom. The maximum atomic E-state index is 12.0. The molecule has 1 aliphatic rings. The molecule has 1 amide bonds. The van der Waals surface area contributed by atoms with Gasteiger partial charge in [0.25, 0.3) is 5.91 Å². The lowest BCUT2D eigenvalue weighted by molar-refractivity contribution is -0.145. The van der Waals surface area contributed by atoms with Crippen molar-refractivity contribution >= 4 is 11.9 Å². The van der Waals surface area contributed by atoms with E-state index >= 15 is 0 Å². The second-order valence-electron chi connectivity index (χ2n) is 4.60. The smallest absolute Gasteiger partial charge is 0.310 e. The van der Waals surface area contributed by atoms with Crippen LogP contribution in [0.4, 0.5) is 0 Å². The molecule has 6 nitrogen and oxygen atoms in total. The highest BCUT2D eigenvalue weighted by molar-refractivity contribution is 5.80. The van der Waals surface area contributed by atoms with Crippen molar-refractivity contribution < 1.29 is 24.2 Å². The lowest BCUT2D eigenvalue weighted by atomic mass is 10.1. The van der Waals surface area contributed by atoms with Gasteiger partial charge in [0, 0.05) is 13.1 Å². The Kier molecular flexibility index (Phi) is 4.45. The molecule has 0 spiro atoms. The highest BCUT2D eigenvalue weighted by Crippen LogP contribution is 2.24. The van der Waals surface area contributed by atoms with Crippen molar-refractivity contribution in [1.82, 2.24) is 4.90 Å². The number of hydrogen-bond donors (Lipinski definition) is 1. The zero-order valence-corrected chi connectivity index (χ0v) is 11.2. The minimum atomic E-state index is -0.290. The van der Waals surface area contributed by atoms with E-state index in [1.165, 1.54) is 13.2 Å². The first-order valence-corrected chi connectivity index (χ1v) is 6.38. The fourth-order valence-electron chi connectivity index (χ4n) is 2.16. The summed E-state index contributed by atoms with van der Waals surface area (Å²) < 4.78 is 9.94. The number of ether oxygens (including phenoxy) is 2. The van der Waals surface area contributed by atoms with Gasteiger partial charge in [0.2, 0.25) is 0 Å². The molecule has 1 aromatic carbocycles. The number of benzene rings is 1. The molecule has 1 unspecified atom stereocenters. The number of likely N-dealkylation sites (tertiary alicyclic amines) is 1. The number of carbonyl (C=O) groups is 2. The van der Waals surface area contributed by atoms with E-state index in [4.69, 9.17) is 4.74 Å². The quantitative estimate of drug-likeness (QED) is 0.825. The third-order valence-electron chi connectivity index (χ3n) is 3.29. The molecular formula is C14H17NO5. The average molecular weight is 279 g/mol. The van der Waals surface area contributed by atoms with Crippen LogP contribution in [0.1, 0.15) is 6.42 Å². The van der Waals surface area contributed by atoms with Crippen molar-refractivity contribution in [3.8, 4) is 11.5 Å². The molecule has 0 aliphatic carbocycles. The Morgan fingerprint density at radius 3 is 2.85 bits per heavy atom. The highest BCUT2D eigenvalue weighted by Gasteiger charge is 2.31. The van der Waals surface area contributed by atoms with Gasteiger partial charge in [-0.15, -0.1) is 0 Å². The van der Waals surface area contributed by atoms with Crippen molar-refractivity contribution in [2.75, 3.05) is 26.8 Å². The van der Waals surface area contributed by atoms with Crippen LogP contribution in [-0.2, 0) is 14.3 Å². The van der Waals surface area contributed by atoms with Crippen molar-refractivity contribution in [3.63, 3.8) is 0 Å². The summed E-state index contributed by atoms with van der Waals surface area (Å²) in [5.41, 5.74) is 0. The van der Waals surface area contributed by atoms with Crippen LogP contribution in [0.5, 0.6) is 11.5 Å². The summed E-state index contributed by atoms with van der Waals surface area (Å²) in [7, 11) is 1.34. The number of aromatic hydroxyl groups is 1. The Morgan fingerprint density at radius 1 is 1.40 bits per heavy atom. The Labute approximate surface area is 116 Å². The van der Waals surface area contributed by atoms with Gasteiger partial charge >= 0.3 is 5.97 Å². The van der Waals surface area contributed by atoms with Crippen LogP contribution in [0.15, 0.2) is 24.3 Å². The molecule has 1 heterocycles. The molecular weight excluding hydrogens is 262 g/mol. The van der Waals surface area contributed by atoms with Crippen molar-refractivity contribution in [1.29, 1.82) is 0 Å². The maximum Gasteiger partial charge on any atom is 0.310 e. The van der Waals surface area contributed by atoms with Gasteiger partial charge in [-0.2, -0.15) is 0 Å². The standard InChI is InChI=1S/C14H17NO5/c1-19-14(18)10-6-7-15(8-10)13(17)9-20-12-5-3-2-4-11(12)16/h2-5,10,16H,6-9H2,1H3. The second kappa shape index (κ2) is 6.27. The zero-order valence-electron chi connectivity index (χ0n) is 11.2. The molecule has 6 heteroatoms. The number of rotatable bonds is 4. The van der Waals surface area contributed by atoms with E-state index in [0.29, 0.717) is 19.5 Å². The number of nitrogens with zero attached hydrogens (tertiary/aromatic N) is 1. The number of methoxy groups -OCH3 is 1. The molecule has 1 N–H and O–H groups in total. The van der Waals surface area contributed by atoms with E-state index in [0.717, 1.165) is 0 Å². The molecule has 1 saturated heterocycles. The summed E-state index contributed by atoms with van der Waals surface area (Å²) in [6, 6.07) is 6.46. The number of para-hydroxylation sites is 2. The van der Waals surface area contributed by atoms with Crippen LogP contribution >= 0.6 is 0 Å². The maximum absolute atomic E-state index is 12.0. The van der Waals surface area contributed by atoms with Crippen LogP contribution in [-0.4, -0.2) is 48.7 Å². The molecule has 1 atom stereocenters. The van der Waals surface area contributed by atoms with Crippen LogP contribution in [0.25, 0.3) is 0 Å². The Hall–Kier alpha value is -2.24. The van der Waals surface area contributed by atoms with E-state index in [9.17, 15) is 14.7 Å². The van der Waals surface area contributed by atoms with Crippen LogP contribution in [0.3, 0.4) is 0 Å². The largest absolute Gasteiger partial charge is 0.504 e. The summed E-state index contributed by atoms with van der Waals surface area (Å²) in [6.45, 7) is 0.712. The predicted octanol–water partition coefficient (Wildman–Crippen LogP) is 0.792. The molecule has 0 radical (unpaired) electrons. The molecule has 2 rings (SSSR count). The van der Waals surface area contributed by atoms with E-state index in [2.05, 4.69) is 4.74 Å². The van der Waals surface area contributed by atoms with Gasteiger partial charge in [-0.1, -0.05) is 12.1 Å². The summed E-state index contributed by atoms with van der Waals surface area (Å²) in [6.07, 6.45) is 0.606. The Bertz CT molecular complexity index is 502. The summed E-state index contributed by atoms with van der Waals surface area (Å²) in [5, 5.41) is 9.52. The minimum absolute atomic E-state index is 0.00541. The second-order valence-corrected chi connectivity index (χ2v) is 4.60. The first-order valence-electron chi connectivity index (χ1n) is 6.38. The summed E-state index contributed by atoms with van der Waals surface area (Å²) in [4.78, 5) is 24.9. The lowest BCUT2D eigenvalue weighted by Crippen LogP contribution is -2.34. The number of carbonyl (C=O) groups excluding carboxylic acids is 2. The van der Waals surface area contributed by atoms with E-state index < -0.39 is 0 Å². The lowest BCUT2D eigenvalue weighted by Gasteiger charge is -2.16. The third kappa shape index (κ3) is 3.20. The van der Waals surface area contributed by atoms with Gasteiger partial charge < -0.3 is 19.5 Å². The zero-order chi connectivity index (χ0) is 14.5. The number of esters is 1. The van der Waals surface area contributed by atoms with E-state index in [1.54, 1.807) is 23.1 Å². The molecule has 108 valence electrons. The number of phenols is 1. The van der Waals surface area contributed by atoms with Crippen molar-refractivity contribution in [2.24, 2.45) is 5.92 Å². The third-order valence-corrected chi connectivity index (χ3v) is 3.29. The first kappa shape index (κ1) is 14.2. The van der Waals surface area contributed by atoms with Gasteiger partial charge in [-0.05, 0) is 18.6 Å². The average Bonchev–Trinajstić information content (AvgIpc) is 2.95. The molecule has 0 aromatic heterocycles. The van der Waals surface area contributed by atoms with E-state index in [1.807, 2.05) is 0 Å². The van der Waals surface area contributed by atoms with Crippen LogP contribution < -0.4 is 4.74 Å². The fourth-order valence-corrected chi connectivity index (χ4v) is 2.16. The van der Waals surface area contributed by atoms with Crippen LogP contribution in [0, 0.1) is 5.92 Å². The van der Waals surface area contributed by atoms with Gasteiger partial charge in [0.1, 0.15) is 0 Å². The molecule has 1 aromatic rings. The van der Waals surface area contributed by atoms with Gasteiger partial charge in [0.05, 0.1) is 13.0 Å². The summed E-state index contributed by atoms with van der Waals surface area (Å²) >= 11 is 0. The molecule has 1 aliphatic heterocycles. The van der Waals surface area contributed by atoms with Gasteiger partial charge in [-0.3, -0.25) is 9.59 Å². The molecule has 0 bridgehead atoms. The highest BCUT2D eigenvalue weighted by atomic mass is 16.5. The van der Waals surface area contributed by atoms with E-state index in [-0.39, 0.29) is 35.9 Å². The summed E-state index contributed by atoms with van der Waals surface area (Å²) in [5.74, 6) is -0.491. The SMILES string of the molecule is COC(=O)C1CCN(C(=O)COc2ccccc2O)C1. The Balaban J connectivity index is 1.85. The fraction of sp³-hybridized carbons (Fsp3) is 0.429. The number of hydrogen-bond acceptors (Lipinski definition) is 5. The normalized spacial score (nSPS) is 17.9. The minimum Gasteiger partial charge on any atom is -0.504 e. The van der Waals surface area contributed by atoms with Crippen molar-refractivity contribution in [3.05, 3.63) is 24.3 Å². The monoisotopic (exact) mass is 279 g/mol. The molecule has 1 fully saturated rings. The predicted molar refractivity (Wildman–Crippen MR) is 70.3 cm³/mol. The van der Waals surface area contributed by atoms with Crippen LogP contribution in [0.2, 0.25) is 0 Å². The molecule has 0 saturated carbocycles. The molecule has 20 heavy (non-hydrogen) atoms. The van der Waals surface area contributed by atoms with Gasteiger partial charge in [0.15, 0.2) is 18.1 Å². The van der Waals surface area contributed by atoms with Crippen molar-refractivity contribution in [2.45, 2.75) is 6.42 Å². The topological polar surface area (TPSA) is 76.1 Å². The number of amides is 1. The van der Waals surface area contributed by atoms with Gasteiger partial charge in [-0.25, -0.2) is 0 Å². The first-order chi connectivity index (χ1) is 9.61.